The van der Waals surface area contributed by atoms with Gasteiger partial charge in [-0.1, -0.05) is 0 Å². The summed E-state index contributed by atoms with van der Waals surface area (Å²) in [5, 5.41) is 0. The normalized spacial score (nSPS) is 25.4. The van der Waals surface area contributed by atoms with Crippen LogP contribution in [0.4, 0.5) is 13.2 Å². The molecule has 0 unspecified atom stereocenters. The number of ether oxygens (including phenoxy) is 2. The van der Waals surface area contributed by atoms with Crippen molar-refractivity contribution in [2.45, 2.75) is 18.3 Å². The molecule has 2 aliphatic heterocycles. The van der Waals surface area contributed by atoms with Crippen LogP contribution >= 0.6 is 0 Å². The average molecular weight is 422 g/mol. The Labute approximate surface area is 161 Å². The molecular formula is C17H21F3N2O5S. The molecule has 0 saturated carbocycles. The summed E-state index contributed by atoms with van der Waals surface area (Å²) in [4.78, 5) is 14.1. The van der Waals surface area contributed by atoms with Gasteiger partial charge < -0.3 is 14.4 Å². The van der Waals surface area contributed by atoms with E-state index in [1.165, 1.54) is 16.3 Å². The fourth-order valence-corrected chi connectivity index (χ4v) is 4.97. The number of benzene rings is 1. The van der Waals surface area contributed by atoms with Gasteiger partial charge in [-0.15, -0.1) is 0 Å². The standard InChI is InChI=1S/C17H21F3N2O5S/c1-26-7-6-22-14-10-21(11-15(14)27-8-9-28(22,24)25)16(23)12-2-4-13(5-3-12)17(18,19)20/h2-5,14-15H,6-11H2,1H3/t14-,15+/m1/s1. The van der Waals surface area contributed by atoms with E-state index in [1.807, 2.05) is 0 Å². The molecule has 7 nitrogen and oxygen atoms in total. The number of alkyl halides is 3. The largest absolute Gasteiger partial charge is 0.416 e. The molecule has 1 aromatic carbocycles. The number of rotatable bonds is 4. The maximum atomic E-state index is 12.7. The predicted octanol–water partition coefficient (Wildman–Crippen LogP) is 1.21. The van der Waals surface area contributed by atoms with Crippen LogP contribution in [0, 0.1) is 0 Å². The Morgan fingerprint density at radius 2 is 1.93 bits per heavy atom. The minimum Gasteiger partial charge on any atom is -0.383 e. The first-order valence-corrected chi connectivity index (χ1v) is 10.3. The number of hydrogen-bond acceptors (Lipinski definition) is 5. The van der Waals surface area contributed by atoms with E-state index in [0.717, 1.165) is 24.3 Å². The Morgan fingerprint density at radius 1 is 1.25 bits per heavy atom. The first kappa shape index (κ1) is 21.0. The van der Waals surface area contributed by atoms with Crippen LogP contribution in [0.25, 0.3) is 0 Å². The number of likely N-dealkylation sites (tertiary alicyclic amines) is 1. The van der Waals surface area contributed by atoms with Crippen LogP contribution in [0.5, 0.6) is 0 Å². The summed E-state index contributed by atoms with van der Waals surface area (Å²) < 4.78 is 75.1. The van der Waals surface area contributed by atoms with Crippen LogP contribution in [0.3, 0.4) is 0 Å². The van der Waals surface area contributed by atoms with Gasteiger partial charge >= 0.3 is 6.18 Å². The SMILES string of the molecule is COCCN1[C@@H]2CN(C(=O)c3ccc(C(F)(F)F)cc3)C[C@@H]2OCCS1(=O)=O. The number of amides is 1. The van der Waals surface area contributed by atoms with Crippen LogP contribution in [-0.2, 0) is 25.7 Å². The average Bonchev–Trinajstić information content (AvgIpc) is 2.99. The number of hydrogen-bond donors (Lipinski definition) is 0. The quantitative estimate of drug-likeness (QED) is 0.729. The maximum Gasteiger partial charge on any atom is 0.416 e. The van der Waals surface area contributed by atoms with Crippen LogP contribution in [0.2, 0.25) is 0 Å². The third-order valence-corrected chi connectivity index (χ3v) is 6.75. The first-order chi connectivity index (χ1) is 13.1. The molecule has 28 heavy (non-hydrogen) atoms. The molecule has 3 rings (SSSR count). The van der Waals surface area contributed by atoms with Crippen molar-refractivity contribution in [3.8, 4) is 0 Å². The summed E-state index contributed by atoms with van der Waals surface area (Å²) in [5.41, 5.74) is -0.730. The number of halogens is 3. The molecule has 1 aromatic rings. The lowest BCUT2D eigenvalue weighted by Gasteiger charge is -2.27. The van der Waals surface area contributed by atoms with Gasteiger partial charge in [0.15, 0.2) is 0 Å². The Kier molecular flexibility index (Phi) is 5.99. The van der Waals surface area contributed by atoms with E-state index in [-0.39, 0.29) is 44.2 Å². The molecule has 156 valence electrons. The van der Waals surface area contributed by atoms with Crippen molar-refractivity contribution in [3.63, 3.8) is 0 Å². The molecule has 2 fully saturated rings. The predicted molar refractivity (Wildman–Crippen MR) is 93.2 cm³/mol. The summed E-state index contributed by atoms with van der Waals surface area (Å²) in [6, 6.07) is 3.40. The molecule has 2 saturated heterocycles. The van der Waals surface area contributed by atoms with E-state index in [9.17, 15) is 26.4 Å². The minimum atomic E-state index is -4.48. The highest BCUT2D eigenvalue weighted by Gasteiger charge is 2.45. The van der Waals surface area contributed by atoms with Crippen molar-refractivity contribution < 1.29 is 35.9 Å². The number of nitrogens with zero attached hydrogens (tertiary/aromatic N) is 2. The van der Waals surface area contributed by atoms with E-state index in [2.05, 4.69) is 0 Å². The monoisotopic (exact) mass is 422 g/mol. The van der Waals surface area contributed by atoms with Crippen LogP contribution in [0.1, 0.15) is 15.9 Å². The molecule has 2 heterocycles. The van der Waals surface area contributed by atoms with Crippen molar-refractivity contribution in [2.75, 3.05) is 45.7 Å². The second-order valence-corrected chi connectivity index (χ2v) is 8.72. The summed E-state index contributed by atoms with van der Waals surface area (Å²) in [5.74, 6) is -0.606. The Hall–Kier alpha value is -1.69. The van der Waals surface area contributed by atoms with Gasteiger partial charge in [-0.25, -0.2) is 8.42 Å². The molecule has 0 bridgehead atoms. The fourth-order valence-electron chi connectivity index (χ4n) is 3.46. The van der Waals surface area contributed by atoms with Crippen LogP contribution in [-0.4, -0.2) is 81.4 Å². The molecule has 0 spiro atoms. The van der Waals surface area contributed by atoms with Crippen LogP contribution in [0.15, 0.2) is 24.3 Å². The highest BCUT2D eigenvalue weighted by Crippen LogP contribution is 2.30. The molecular weight excluding hydrogens is 401 g/mol. The number of carbonyl (C=O) groups excluding carboxylic acids is 1. The minimum absolute atomic E-state index is 0.0231. The zero-order valence-corrected chi connectivity index (χ0v) is 16.0. The lowest BCUT2D eigenvalue weighted by Crippen LogP contribution is -2.47. The molecule has 2 aliphatic rings. The van der Waals surface area contributed by atoms with E-state index in [0.29, 0.717) is 0 Å². The third-order valence-electron chi connectivity index (χ3n) is 4.90. The summed E-state index contributed by atoms with van der Waals surface area (Å²) in [6.45, 7) is 0.646. The second kappa shape index (κ2) is 7.97. The Morgan fingerprint density at radius 3 is 2.54 bits per heavy atom. The van der Waals surface area contributed by atoms with E-state index in [1.54, 1.807) is 0 Å². The number of carbonyl (C=O) groups is 1. The topological polar surface area (TPSA) is 76.2 Å². The summed E-state index contributed by atoms with van der Waals surface area (Å²) in [7, 11) is -2.09. The Balaban J connectivity index is 1.78. The highest BCUT2D eigenvalue weighted by atomic mass is 32.2. The van der Waals surface area contributed by atoms with Gasteiger partial charge in [-0.05, 0) is 24.3 Å². The third kappa shape index (κ3) is 4.32. The van der Waals surface area contributed by atoms with Gasteiger partial charge in [0.05, 0.1) is 36.7 Å². The van der Waals surface area contributed by atoms with Gasteiger partial charge in [0, 0.05) is 32.3 Å². The molecule has 1 amide bonds. The lowest BCUT2D eigenvalue weighted by molar-refractivity contribution is -0.137. The summed E-state index contributed by atoms with van der Waals surface area (Å²) >= 11 is 0. The maximum absolute atomic E-state index is 12.7. The zero-order chi connectivity index (χ0) is 20.5. The van der Waals surface area contributed by atoms with Gasteiger partial charge in [0.2, 0.25) is 10.0 Å². The van der Waals surface area contributed by atoms with Gasteiger partial charge in [-0.2, -0.15) is 17.5 Å². The van der Waals surface area contributed by atoms with Gasteiger partial charge in [-0.3, -0.25) is 4.79 Å². The smallest absolute Gasteiger partial charge is 0.383 e. The second-order valence-electron chi connectivity index (χ2n) is 6.68. The first-order valence-electron chi connectivity index (χ1n) is 8.70. The van der Waals surface area contributed by atoms with Crippen molar-refractivity contribution in [1.29, 1.82) is 0 Å². The number of methoxy groups -OCH3 is 1. The lowest BCUT2D eigenvalue weighted by atomic mass is 10.1. The van der Waals surface area contributed by atoms with Gasteiger partial charge in [0.1, 0.15) is 0 Å². The molecule has 0 N–H and O–H groups in total. The van der Waals surface area contributed by atoms with Crippen molar-refractivity contribution in [1.82, 2.24) is 9.21 Å². The highest BCUT2D eigenvalue weighted by molar-refractivity contribution is 7.89. The van der Waals surface area contributed by atoms with Gasteiger partial charge in [0.25, 0.3) is 5.91 Å². The molecule has 2 atom stereocenters. The zero-order valence-electron chi connectivity index (χ0n) is 15.2. The molecule has 11 heteroatoms. The molecule has 0 aliphatic carbocycles. The fraction of sp³-hybridized carbons (Fsp3) is 0.588. The van der Waals surface area contributed by atoms with E-state index < -0.39 is 39.8 Å². The number of sulfonamides is 1. The summed E-state index contributed by atoms with van der Waals surface area (Å²) in [6.07, 6.45) is -4.97. The molecule has 0 aromatic heterocycles. The van der Waals surface area contributed by atoms with E-state index >= 15 is 0 Å². The molecule has 0 radical (unpaired) electrons. The van der Waals surface area contributed by atoms with E-state index in [4.69, 9.17) is 9.47 Å². The van der Waals surface area contributed by atoms with Crippen molar-refractivity contribution in [3.05, 3.63) is 35.4 Å². The Bertz CT molecular complexity index is 813. The van der Waals surface area contributed by atoms with Crippen molar-refractivity contribution >= 4 is 15.9 Å². The van der Waals surface area contributed by atoms with Crippen molar-refractivity contribution in [2.24, 2.45) is 0 Å². The number of fused-ring (bicyclic) bond motifs is 1. The van der Waals surface area contributed by atoms with Crippen LogP contribution < -0.4 is 0 Å².